The summed E-state index contributed by atoms with van der Waals surface area (Å²) in [5, 5.41) is 7.38. The van der Waals surface area contributed by atoms with Crippen molar-refractivity contribution in [1.29, 1.82) is 0 Å². The number of thiophene rings is 1. The summed E-state index contributed by atoms with van der Waals surface area (Å²) in [6, 6.07) is 0. The van der Waals surface area contributed by atoms with Gasteiger partial charge in [-0.25, -0.2) is 4.79 Å². The van der Waals surface area contributed by atoms with E-state index in [-0.39, 0.29) is 39.7 Å². The minimum Gasteiger partial charge on any atom is -0.462 e. The van der Waals surface area contributed by atoms with Gasteiger partial charge in [0.05, 0.1) is 12.2 Å². The molecule has 5 nitrogen and oxygen atoms in total. The van der Waals surface area contributed by atoms with Crippen LogP contribution < -0.4 is 10.6 Å². The van der Waals surface area contributed by atoms with Crippen LogP contribution >= 0.6 is 11.3 Å². The number of carbonyl (C=O) groups is 2. The monoisotopic (exact) mass is 406 g/mol. The molecule has 1 aliphatic carbocycles. The van der Waals surface area contributed by atoms with Crippen molar-refractivity contribution in [1.82, 2.24) is 5.32 Å². The van der Waals surface area contributed by atoms with Gasteiger partial charge in [-0.2, -0.15) is 0 Å². The first kappa shape index (κ1) is 21.3. The summed E-state index contributed by atoms with van der Waals surface area (Å²) in [7, 11) is 0. The van der Waals surface area contributed by atoms with Gasteiger partial charge in [0.2, 0.25) is 5.91 Å². The zero-order valence-electron chi connectivity index (χ0n) is 18.6. The number of anilines is 1. The van der Waals surface area contributed by atoms with Gasteiger partial charge in [0, 0.05) is 21.9 Å². The van der Waals surface area contributed by atoms with E-state index in [1.54, 1.807) is 6.92 Å². The first-order valence-electron chi connectivity index (χ1n) is 10.1. The molecule has 6 heteroatoms. The SMILES string of the molecule is CCOC(=O)c1c(NC(=O)C2C(C)(C)C2(C)C)sc2c1CC(C)(C)NC2(C)C. The van der Waals surface area contributed by atoms with Crippen molar-refractivity contribution in [2.24, 2.45) is 16.7 Å². The number of hydrogen-bond donors (Lipinski definition) is 2. The lowest BCUT2D eigenvalue weighted by Gasteiger charge is -2.42. The van der Waals surface area contributed by atoms with Crippen LogP contribution in [-0.4, -0.2) is 24.0 Å². The highest BCUT2D eigenvalue weighted by atomic mass is 32.1. The van der Waals surface area contributed by atoms with Crippen LogP contribution in [0.3, 0.4) is 0 Å². The summed E-state index contributed by atoms with van der Waals surface area (Å²) < 4.78 is 5.36. The molecule has 1 aromatic rings. The second-order valence-electron chi connectivity index (χ2n) is 10.5. The molecule has 2 aliphatic rings. The van der Waals surface area contributed by atoms with Crippen LogP contribution in [0.15, 0.2) is 0 Å². The lowest BCUT2D eigenvalue weighted by molar-refractivity contribution is -0.118. The molecule has 1 aromatic heterocycles. The van der Waals surface area contributed by atoms with Crippen LogP contribution in [0.5, 0.6) is 0 Å². The Morgan fingerprint density at radius 3 is 2.18 bits per heavy atom. The zero-order chi connectivity index (χ0) is 21.3. The van der Waals surface area contributed by atoms with Crippen molar-refractivity contribution in [3.63, 3.8) is 0 Å². The van der Waals surface area contributed by atoms with E-state index < -0.39 is 0 Å². The number of nitrogens with one attached hydrogen (secondary N) is 2. The number of ether oxygens (including phenoxy) is 1. The molecule has 0 aromatic carbocycles. The molecule has 0 atom stereocenters. The van der Waals surface area contributed by atoms with E-state index in [4.69, 9.17) is 4.74 Å². The number of esters is 1. The van der Waals surface area contributed by atoms with Crippen LogP contribution in [-0.2, 0) is 21.5 Å². The first-order chi connectivity index (χ1) is 12.7. The van der Waals surface area contributed by atoms with Gasteiger partial charge in [0.1, 0.15) is 5.00 Å². The van der Waals surface area contributed by atoms with Crippen LogP contribution in [0.1, 0.15) is 83.1 Å². The molecule has 156 valence electrons. The summed E-state index contributed by atoms with van der Waals surface area (Å²) in [6.45, 7) is 19.1. The lowest BCUT2D eigenvalue weighted by atomic mass is 9.81. The fourth-order valence-corrected chi connectivity index (χ4v) is 6.34. The first-order valence-corrected chi connectivity index (χ1v) is 10.9. The highest BCUT2D eigenvalue weighted by molar-refractivity contribution is 7.17. The summed E-state index contributed by atoms with van der Waals surface area (Å²) in [6.07, 6.45) is 0.715. The maximum atomic E-state index is 13.1. The van der Waals surface area contributed by atoms with Crippen molar-refractivity contribution >= 4 is 28.2 Å². The molecule has 2 N–H and O–H groups in total. The van der Waals surface area contributed by atoms with E-state index in [2.05, 4.69) is 66.0 Å². The van der Waals surface area contributed by atoms with Gasteiger partial charge in [-0.1, -0.05) is 27.7 Å². The Balaban J connectivity index is 2.04. The van der Waals surface area contributed by atoms with Crippen LogP contribution in [0.4, 0.5) is 5.00 Å². The predicted molar refractivity (Wildman–Crippen MR) is 114 cm³/mol. The maximum Gasteiger partial charge on any atom is 0.341 e. The van der Waals surface area contributed by atoms with Crippen molar-refractivity contribution < 1.29 is 14.3 Å². The van der Waals surface area contributed by atoms with E-state index >= 15 is 0 Å². The molecule has 1 saturated carbocycles. The number of amides is 1. The summed E-state index contributed by atoms with van der Waals surface area (Å²) in [5.41, 5.74) is 0.989. The average molecular weight is 407 g/mol. The van der Waals surface area contributed by atoms with Crippen molar-refractivity contribution in [2.45, 2.75) is 79.8 Å². The van der Waals surface area contributed by atoms with Crippen molar-refractivity contribution in [2.75, 3.05) is 11.9 Å². The molecular formula is C22H34N2O3S. The van der Waals surface area contributed by atoms with E-state index in [1.807, 2.05) is 0 Å². The van der Waals surface area contributed by atoms with Crippen LogP contribution in [0.2, 0.25) is 0 Å². The highest BCUT2D eigenvalue weighted by Gasteiger charge is 2.68. The molecular weight excluding hydrogens is 372 g/mol. The third-order valence-electron chi connectivity index (χ3n) is 6.84. The molecule has 0 saturated heterocycles. The van der Waals surface area contributed by atoms with Crippen LogP contribution in [0.25, 0.3) is 0 Å². The molecule has 3 rings (SSSR count). The van der Waals surface area contributed by atoms with E-state index in [1.165, 1.54) is 11.3 Å². The fourth-order valence-electron chi connectivity index (χ4n) is 5.07. The normalized spacial score (nSPS) is 23.6. The van der Waals surface area contributed by atoms with Gasteiger partial charge in [0.15, 0.2) is 0 Å². The van der Waals surface area contributed by atoms with E-state index in [0.29, 0.717) is 23.6 Å². The topological polar surface area (TPSA) is 67.4 Å². The Bertz CT molecular complexity index is 819. The average Bonchev–Trinajstić information content (AvgIpc) is 2.75. The summed E-state index contributed by atoms with van der Waals surface area (Å²) in [4.78, 5) is 27.0. The number of hydrogen-bond acceptors (Lipinski definition) is 5. The Morgan fingerprint density at radius 1 is 1.11 bits per heavy atom. The van der Waals surface area contributed by atoms with Gasteiger partial charge in [-0.3, -0.25) is 4.79 Å². The molecule has 0 unspecified atom stereocenters. The Kier molecular flexibility index (Phi) is 4.79. The van der Waals surface area contributed by atoms with Gasteiger partial charge < -0.3 is 15.4 Å². The fraction of sp³-hybridized carbons (Fsp3) is 0.727. The zero-order valence-corrected chi connectivity index (χ0v) is 19.4. The Labute approximate surface area is 172 Å². The highest BCUT2D eigenvalue weighted by Crippen LogP contribution is 2.68. The van der Waals surface area contributed by atoms with E-state index in [0.717, 1.165) is 10.4 Å². The Morgan fingerprint density at radius 2 is 1.68 bits per heavy atom. The Hall–Kier alpha value is -1.40. The molecule has 1 fully saturated rings. The third kappa shape index (κ3) is 3.18. The molecule has 28 heavy (non-hydrogen) atoms. The molecule has 1 amide bonds. The van der Waals surface area contributed by atoms with Gasteiger partial charge in [-0.05, 0) is 57.4 Å². The summed E-state index contributed by atoms with van der Waals surface area (Å²) in [5.74, 6) is -0.431. The van der Waals surface area contributed by atoms with Gasteiger partial charge in [0.25, 0.3) is 0 Å². The van der Waals surface area contributed by atoms with Crippen molar-refractivity contribution in [3.05, 3.63) is 16.0 Å². The number of rotatable bonds is 4. The van der Waals surface area contributed by atoms with Crippen molar-refractivity contribution in [3.8, 4) is 0 Å². The minimum atomic E-state index is -0.349. The lowest BCUT2D eigenvalue weighted by Crippen LogP contribution is -2.55. The van der Waals surface area contributed by atoms with E-state index in [9.17, 15) is 9.59 Å². The molecule has 1 aliphatic heterocycles. The summed E-state index contributed by atoms with van der Waals surface area (Å²) >= 11 is 1.50. The predicted octanol–water partition coefficient (Wildman–Crippen LogP) is 4.70. The largest absolute Gasteiger partial charge is 0.462 e. The smallest absolute Gasteiger partial charge is 0.341 e. The molecule has 0 radical (unpaired) electrons. The maximum absolute atomic E-state index is 13.1. The third-order valence-corrected chi connectivity index (χ3v) is 8.31. The van der Waals surface area contributed by atoms with Crippen LogP contribution in [0, 0.1) is 16.7 Å². The number of fused-ring (bicyclic) bond motifs is 1. The second-order valence-corrected chi connectivity index (χ2v) is 11.5. The van der Waals surface area contributed by atoms with Gasteiger partial charge >= 0.3 is 5.97 Å². The molecule has 0 spiro atoms. The van der Waals surface area contributed by atoms with Gasteiger partial charge in [-0.15, -0.1) is 11.3 Å². The second kappa shape index (κ2) is 6.30. The molecule has 2 heterocycles. The quantitative estimate of drug-likeness (QED) is 0.711. The number of carbonyl (C=O) groups excluding carboxylic acids is 2. The molecule has 0 bridgehead atoms. The minimum absolute atomic E-state index is 0.0100. The standard InChI is InChI=1S/C22H34N2O3S/c1-10-27-18(26)13-12-11-19(2,3)24-22(8,9)15(12)28-17(13)23-16(25)14-20(4,5)21(14,6)7/h14,24H,10-11H2,1-9H3,(H,23,25).